The molecule has 0 saturated carbocycles. The van der Waals surface area contributed by atoms with Crippen molar-refractivity contribution in [2.24, 2.45) is 0 Å². The first-order valence-corrected chi connectivity index (χ1v) is 10.8. The second-order valence-electron chi connectivity index (χ2n) is 7.04. The van der Waals surface area contributed by atoms with Crippen molar-refractivity contribution in [3.8, 4) is 0 Å². The molecule has 3 rings (SSSR count). The number of urea groups is 1. The molecule has 0 aliphatic carbocycles. The predicted octanol–water partition coefficient (Wildman–Crippen LogP) is 3.14. The molecule has 0 unspecified atom stereocenters. The van der Waals surface area contributed by atoms with Crippen LogP contribution in [0.25, 0.3) is 11.0 Å². The van der Waals surface area contributed by atoms with Gasteiger partial charge in [0.05, 0.1) is 11.9 Å². The Kier molecular flexibility index (Phi) is 5.48. The van der Waals surface area contributed by atoms with Gasteiger partial charge in [-0.25, -0.2) is 18.0 Å². The number of para-hydroxylation sites is 1. The van der Waals surface area contributed by atoms with Crippen molar-refractivity contribution in [2.45, 2.75) is 13.3 Å². The van der Waals surface area contributed by atoms with Crippen molar-refractivity contribution in [3.63, 3.8) is 0 Å². The fourth-order valence-electron chi connectivity index (χ4n) is 3.17. The van der Waals surface area contributed by atoms with Gasteiger partial charge in [-0.1, -0.05) is 30.3 Å². The van der Waals surface area contributed by atoms with Crippen molar-refractivity contribution in [2.75, 3.05) is 24.7 Å². The van der Waals surface area contributed by atoms with Gasteiger partial charge in [-0.2, -0.15) is 4.31 Å². The number of benzene rings is 2. The van der Waals surface area contributed by atoms with Crippen LogP contribution in [0.4, 0.5) is 10.5 Å². The molecule has 0 atom stereocenters. The predicted molar refractivity (Wildman–Crippen MR) is 113 cm³/mol. The zero-order valence-corrected chi connectivity index (χ0v) is 17.5. The number of rotatable bonds is 4. The lowest BCUT2D eigenvalue weighted by atomic mass is 9.99. The number of amides is 2. The number of hydrogen-bond donors (Lipinski definition) is 0. The molecule has 152 valence electrons. The Labute approximate surface area is 169 Å². The fraction of sp³-hybridized carbons (Fsp3) is 0.238. The summed E-state index contributed by atoms with van der Waals surface area (Å²) in [5.41, 5.74) is 2.29. The summed E-state index contributed by atoms with van der Waals surface area (Å²) in [5, 5.41) is 0.846. The lowest BCUT2D eigenvalue weighted by Gasteiger charge is -2.24. The molecule has 0 aliphatic rings. The van der Waals surface area contributed by atoms with Gasteiger partial charge in [-0.05, 0) is 36.2 Å². The second-order valence-corrected chi connectivity index (χ2v) is 8.87. The van der Waals surface area contributed by atoms with E-state index >= 15 is 0 Å². The fourth-order valence-corrected chi connectivity index (χ4v) is 4.11. The summed E-state index contributed by atoms with van der Waals surface area (Å²) in [7, 11) is -0.875. The molecule has 0 N–H and O–H groups in total. The van der Waals surface area contributed by atoms with Gasteiger partial charge in [0.1, 0.15) is 5.58 Å². The lowest BCUT2D eigenvalue weighted by Crippen LogP contribution is -2.42. The summed E-state index contributed by atoms with van der Waals surface area (Å²) in [5.74, 6) is 0. The molecule has 2 amide bonds. The van der Waals surface area contributed by atoms with Crippen LogP contribution in [0.5, 0.6) is 0 Å². The minimum atomic E-state index is -3.84. The summed E-state index contributed by atoms with van der Waals surface area (Å²) in [6.45, 7) is 1.86. The van der Waals surface area contributed by atoms with E-state index in [1.165, 1.54) is 19.0 Å². The van der Waals surface area contributed by atoms with Gasteiger partial charge >= 0.3 is 11.7 Å². The van der Waals surface area contributed by atoms with Crippen LogP contribution in [0.3, 0.4) is 0 Å². The van der Waals surface area contributed by atoms with Gasteiger partial charge in [0.15, 0.2) is 0 Å². The highest BCUT2D eigenvalue weighted by atomic mass is 32.2. The van der Waals surface area contributed by atoms with Gasteiger partial charge in [0.2, 0.25) is 10.0 Å². The first-order valence-electron chi connectivity index (χ1n) is 8.91. The van der Waals surface area contributed by atoms with Crippen LogP contribution in [0, 0.1) is 6.92 Å². The van der Waals surface area contributed by atoms with E-state index in [2.05, 4.69) is 0 Å². The molecule has 0 saturated heterocycles. The van der Waals surface area contributed by atoms with E-state index in [0.717, 1.165) is 21.5 Å². The lowest BCUT2D eigenvalue weighted by molar-refractivity contribution is 0.227. The number of nitrogens with zero attached hydrogens (tertiary/aromatic N) is 2. The first-order chi connectivity index (χ1) is 13.6. The van der Waals surface area contributed by atoms with Gasteiger partial charge in [-0.3, -0.25) is 0 Å². The van der Waals surface area contributed by atoms with Crippen LogP contribution in [-0.2, 0) is 16.4 Å². The van der Waals surface area contributed by atoms with Crippen LogP contribution >= 0.6 is 0 Å². The van der Waals surface area contributed by atoms with E-state index in [0.29, 0.717) is 16.7 Å². The second kappa shape index (κ2) is 7.71. The highest BCUT2D eigenvalue weighted by molar-refractivity contribution is 7.92. The van der Waals surface area contributed by atoms with Gasteiger partial charge < -0.3 is 9.32 Å². The standard InChI is InChI=1S/C21H22N2O5S/c1-14-17-10-5-6-11-19(17)28-20(24)18(14)13-15-8-7-9-16(12-15)23(29(4,26)27)21(25)22(2)3/h5-12H,13H2,1-4H3. The third kappa shape index (κ3) is 4.17. The monoisotopic (exact) mass is 414 g/mol. The zero-order valence-electron chi connectivity index (χ0n) is 16.7. The van der Waals surface area contributed by atoms with E-state index in [4.69, 9.17) is 4.42 Å². The first kappa shape index (κ1) is 20.6. The maximum Gasteiger partial charge on any atom is 0.340 e. The molecule has 0 spiro atoms. The Morgan fingerprint density at radius 1 is 1.07 bits per heavy atom. The molecule has 1 aromatic heterocycles. The van der Waals surface area contributed by atoms with Gasteiger partial charge in [0, 0.05) is 31.5 Å². The van der Waals surface area contributed by atoms with Crippen LogP contribution in [-0.4, -0.2) is 39.7 Å². The van der Waals surface area contributed by atoms with Crippen molar-refractivity contribution >= 4 is 32.7 Å². The SMILES string of the molecule is Cc1c(Cc2cccc(N(C(=O)N(C)C)S(C)(=O)=O)c2)c(=O)oc2ccccc12. The average molecular weight is 414 g/mol. The molecule has 0 radical (unpaired) electrons. The average Bonchev–Trinajstić information content (AvgIpc) is 2.64. The van der Waals surface area contributed by atoms with E-state index in [-0.39, 0.29) is 12.1 Å². The van der Waals surface area contributed by atoms with Crippen molar-refractivity contribution in [1.29, 1.82) is 0 Å². The Morgan fingerprint density at radius 2 is 1.76 bits per heavy atom. The zero-order chi connectivity index (χ0) is 21.3. The van der Waals surface area contributed by atoms with Gasteiger partial charge in [-0.15, -0.1) is 0 Å². The molecule has 2 aromatic carbocycles. The Hall–Kier alpha value is -3.13. The number of anilines is 1. The quantitative estimate of drug-likeness (QED) is 0.612. The number of aryl methyl sites for hydroxylation is 1. The van der Waals surface area contributed by atoms with E-state index in [1.54, 1.807) is 36.4 Å². The van der Waals surface area contributed by atoms with Crippen LogP contribution < -0.4 is 9.93 Å². The minimum Gasteiger partial charge on any atom is -0.423 e. The van der Waals surface area contributed by atoms with Crippen LogP contribution in [0.1, 0.15) is 16.7 Å². The Balaban J connectivity index is 2.06. The molecular formula is C21H22N2O5S. The summed E-state index contributed by atoms with van der Waals surface area (Å²) in [6.07, 6.45) is 1.23. The number of hydrogen-bond acceptors (Lipinski definition) is 5. The number of fused-ring (bicyclic) bond motifs is 1. The smallest absolute Gasteiger partial charge is 0.340 e. The van der Waals surface area contributed by atoms with E-state index < -0.39 is 21.7 Å². The topological polar surface area (TPSA) is 87.9 Å². The maximum absolute atomic E-state index is 12.5. The number of carbonyl (C=O) groups is 1. The van der Waals surface area contributed by atoms with E-state index in [1.807, 2.05) is 19.1 Å². The highest BCUT2D eigenvalue weighted by Crippen LogP contribution is 2.24. The third-order valence-corrected chi connectivity index (χ3v) is 5.64. The van der Waals surface area contributed by atoms with Crippen molar-refractivity contribution < 1.29 is 17.6 Å². The summed E-state index contributed by atoms with van der Waals surface area (Å²) in [4.78, 5) is 26.1. The largest absolute Gasteiger partial charge is 0.423 e. The molecule has 8 heteroatoms. The molecular weight excluding hydrogens is 392 g/mol. The summed E-state index contributed by atoms with van der Waals surface area (Å²) in [6, 6.07) is 13.2. The van der Waals surface area contributed by atoms with Gasteiger partial charge in [0.25, 0.3) is 0 Å². The molecule has 1 heterocycles. The normalized spacial score (nSPS) is 11.4. The molecule has 7 nitrogen and oxygen atoms in total. The molecule has 0 fully saturated rings. The number of sulfonamides is 1. The third-order valence-electron chi connectivity index (χ3n) is 4.61. The highest BCUT2D eigenvalue weighted by Gasteiger charge is 2.27. The van der Waals surface area contributed by atoms with Crippen molar-refractivity contribution in [1.82, 2.24) is 4.90 Å². The summed E-state index contributed by atoms with van der Waals surface area (Å²) < 4.78 is 30.6. The summed E-state index contributed by atoms with van der Waals surface area (Å²) >= 11 is 0. The molecule has 29 heavy (non-hydrogen) atoms. The van der Waals surface area contributed by atoms with Crippen LogP contribution in [0.15, 0.2) is 57.7 Å². The van der Waals surface area contributed by atoms with E-state index in [9.17, 15) is 18.0 Å². The number of carbonyl (C=O) groups excluding carboxylic acids is 1. The minimum absolute atomic E-state index is 0.214. The Bertz CT molecular complexity index is 1250. The molecule has 0 bridgehead atoms. The molecule has 3 aromatic rings. The van der Waals surface area contributed by atoms with Crippen LogP contribution in [0.2, 0.25) is 0 Å². The maximum atomic E-state index is 12.5. The Morgan fingerprint density at radius 3 is 2.41 bits per heavy atom. The van der Waals surface area contributed by atoms with Crippen molar-refractivity contribution in [3.05, 3.63) is 75.6 Å². The molecule has 0 aliphatic heterocycles.